The van der Waals surface area contributed by atoms with Crippen LogP contribution in [0.4, 0.5) is 0 Å². The van der Waals surface area contributed by atoms with E-state index in [1.807, 2.05) is 0 Å². The monoisotopic (exact) mass is 667 g/mol. The predicted octanol–water partition coefficient (Wildman–Crippen LogP) is 13.6. The molecule has 0 bridgehead atoms. The van der Waals surface area contributed by atoms with Crippen LogP contribution in [0.5, 0.6) is 0 Å². The number of fused-ring (bicyclic) bond motifs is 5. The molecule has 0 amide bonds. The Bertz CT molecular complexity index is 1040. The van der Waals surface area contributed by atoms with Crippen LogP contribution in [0.1, 0.15) is 153 Å². The molecular formula is C44H78SSi. The van der Waals surface area contributed by atoms with E-state index in [1.165, 1.54) is 19.3 Å². The zero-order valence-electron chi connectivity index (χ0n) is 32.6. The Morgan fingerprint density at radius 2 is 1.20 bits per heavy atom. The molecule has 1 aliphatic heterocycles. The summed E-state index contributed by atoms with van der Waals surface area (Å²) in [6.07, 6.45) is 18.8. The predicted molar refractivity (Wildman–Crippen MR) is 206 cm³/mol. The van der Waals surface area contributed by atoms with Crippen molar-refractivity contribution in [1.82, 2.24) is 0 Å². The van der Waals surface area contributed by atoms with E-state index in [0.29, 0.717) is 10.8 Å². The van der Waals surface area contributed by atoms with Gasteiger partial charge in [-0.15, -0.1) is 0 Å². The zero-order chi connectivity index (χ0) is 32.9. The highest BCUT2D eigenvalue weighted by Gasteiger charge is 2.67. The van der Waals surface area contributed by atoms with Crippen molar-refractivity contribution in [2.45, 2.75) is 187 Å². The van der Waals surface area contributed by atoms with E-state index in [4.69, 9.17) is 0 Å². The summed E-state index contributed by atoms with van der Waals surface area (Å²) in [6.45, 7) is 29.4. The van der Waals surface area contributed by atoms with Crippen molar-refractivity contribution >= 4 is 19.8 Å². The van der Waals surface area contributed by atoms with Crippen molar-refractivity contribution in [1.29, 1.82) is 0 Å². The van der Waals surface area contributed by atoms with Crippen molar-refractivity contribution in [2.75, 3.05) is 0 Å². The quantitative estimate of drug-likeness (QED) is 0.263. The van der Waals surface area contributed by atoms with Gasteiger partial charge in [-0.2, -0.15) is 11.8 Å². The minimum Gasteiger partial charge on any atom is -0.154 e. The molecule has 0 aromatic carbocycles. The van der Waals surface area contributed by atoms with Crippen molar-refractivity contribution < 1.29 is 0 Å². The van der Waals surface area contributed by atoms with Crippen molar-refractivity contribution in [3.63, 3.8) is 0 Å². The third kappa shape index (κ3) is 5.54. The van der Waals surface area contributed by atoms with E-state index in [-0.39, 0.29) is 0 Å². The molecule has 7 fully saturated rings. The second-order valence-corrected chi connectivity index (χ2v) is 28.3. The number of rotatable bonds is 5. The van der Waals surface area contributed by atoms with Crippen LogP contribution >= 0.6 is 11.8 Å². The first-order chi connectivity index (χ1) is 21.7. The molecule has 0 radical (unpaired) electrons. The third-order valence-electron chi connectivity index (χ3n) is 18.2. The summed E-state index contributed by atoms with van der Waals surface area (Å²) in [4.78, 5) is 0. The summed E-state index contributed by atoms with van der Waals surface area (Å²) in [5.41, 5.74) is 3.12. The smallest absolute Gasteiger partial charge is 0.0604 e. The van der Waals surface area contributed by atoms with Gasteiger partial charge in [0.1, 0.15) is 0 Å². The molecule has 0 aromatic rings. The Labute approximate surface area is 293 Å². The second-order valence-electron chi connectivity index (χ2n) is 21.7. The van der Waals surface area contributed by atoms with Crippen LogP contribution in [0.3, 0.4) is 0 Å². The summed E-state index contributed by atoms with van der Waals surface area (Å²) in [5, 5.41) is 2.02. The highest BCUT2D eigenvalue weighted by atomic mass is 32.2. The summed E-state index contributed by atoms with van der Waals surface area (Å²) >= 11 is 2.54. The van der Waals surface area contributed by atoms with Gasteiger partial charge in [0.25, 0.3) is 0 Å². The fraction of sp³-hybridized carbons (Fsp3) is 1.00. The number of hydrogen-bond acceptors (Lipinski definition) is 1. The number of thioether (sulfide) groups is 1. The van der Waals surface area contributed by atoms with Gasteiger partial charge < -0.3 is 0 Å². The molecule has 6 saturated carbocycles. The van der Waals surface area contributed by atoms with Gasteiger partial charge in [-0.25, -0.2) is 0 Å². The van der Waals surface area contributed by atoms with Gasteiger partial charge in [0.15, 0.2) is 0 Å². The molecule has 0 spiro atoms. The average Bonchev–Trinajstić information content (AvgIpc) is 3.76. The maximum Gasteiger partial charge on any atom is 0.0604 e. The lowest BCUT2D eigenvalue weighted by Crippen LogP contribution is -2.53. The molecule has 2 heteroatoms. The first kappa shape index (κ1) is 35.0. The molecule has 46 heavy (non-hydrogen) atoms. The summed E-state index contributed by atoms with van der Waals surface area (Å²) in [5.74, 6) is 13.2. The van der Waals surface area contributed by atoms with Crippen LogP contribution in [0.25, 0.3) is 0 Å². The molecule has 6 aliphatic carbocycles. The van der Waals surface area contributed by atoms with Gasteiger partial charge in [0.05, 0.1) is 8.07 Å². The van der Waals surface area contributed by atoms with E-state index in [2.05, 4.69) is 87.9 Å². The Morgan fingerprint density at radius 3 is 1.83 bits per heavy atom. The van der Waals surface area contributed by atoms with Crippen LogP contribution in [-0.2, 0) is 0 Å². The highest BCUT2D eigenvalue weighted by molar-refractivity contribution is 8.00. The minimum atomic E-state index is -1.54. The molecule has 16 atom stereocenters. The van der Waals surface area contributed by atoms with Crippen molar-refractivity contribution in [3.05, 3.63) is 0 Å². The topological polar surface area (TPSA) is 0 Å². The van der Waals surface area contributed by atoms with Gasteiger partial charge in [0, 0.05) is 10.5 Å². The fourth-order valence-corrected chi connectivity index (χ4v) is 26.4. The van der Waals surface area contributed by atoms with Crippen LogP contribution < -0.4 is 0 Å². The molecule has 1 saturated heterocycles. The normalized spacial score (nSPS) is 51.1. The van der Waals surface area contributed by atoms with Gasteiger partial charge >= 0.3 is 0 Å². The zero-order valence-corrected chi connectivity index (χ0v) is 34.4. The maximum absolute atomic E-state index is 2.84. The molecule has 264 valence electrons. The van der Waals surface area contributed by atoms with E-state index in [0.717, 1.165) is 98.5 Å². The van der Waals surface area contributed by atoms with Crippen LogP contribution in [0.15, 0.2) is 0 Å². The molecular weight excluding hydrogens is 589 g/mol. The largest absolute Gasteiger partial charge is 0.154 e. The van der Waals surface area contributed by atoms with Gasteiger partial charge in [-0.1, -0.05) is 114 Å². The third-order valence-corrected chi connectivity index (χ3v) is 27.4. The fourth-order valence-electron chi connectivity index (χ4n) is 16.0. The average molecular weight is 667 g/mol. The van der Waals surface area contributed by atoms with Crippen molar-refractivity contribution in [3.8, 4) is 0 Å². The van der Waals surface area contributed by atoms with E-state index < -0.39 is 8.07 Å². The lowest BCUT2D eigenvalue weighted by atomic mass is 9.52. The molecule has 7 aliphatic rings. The van der Waals surface area contributed by atoms with Crippen LogP contribution in [0.2, 0.25) is 23.2 Å². The molecule has 7 rings (SSSR count). The van der Waals surface area contributed by atoms with Gasteiger partial charge in [-0.05, 0) is 150 Å². The van der Waals surface area contributed by atoms with E-state index >= 15 is 0 Å². The van der Waals surface area contributed by atoms with E-state index in [9.17, 15) is 0 Å². The minimum absolute atomic E-state index is 0.450. The first-order valence-electron chi connectivity index (χ1n) is 21.4. The van der Waals surface area contributed by atoms with E-state index in [1.54, 1.807) is 69.9 Å². The summed E-state index contributed by atoms with van der Waals surface area (Å²) in [6, 6.07) is 3.18. The maximum atomic E-state index is 2.84. The Morgan fingerprint density at radius 1 is 0.565 bits per heavy atom. The van der Waals surface area contributed by atoms with Gasteiger partial charge in [0.2, 0.25) is 0 Å². The molecule has 1 heterocycles. The summed E-state index contributed by atoms with van der Waals surface area (Å²) < 4.78 is 0. The summed E-state index contributed by atoms with van der Waals surface area (Å²) in [7, 11) is -1.54. The Balaban J connectivity index is 1.25. The molecule has 0 N–H and O–H groups in total. The van der Waals surface area contributed by atoms with Crippen LogP contribution in [-0.4, -0.2) is 18.6 Å². The SMILES string of the molecule is CC[Si](CC)(C1C(C)CC2C1CC1CCCC1C2C1CC(C(C)(C)C)CC(C(C)(C)C)C1)C1C(C)C(C)C2SC3CCCCC3C21. The van der Waals surface area contributed by atoms with Crippen LogP contribution in [0, 0.1) is 87.8 Å². The second kappa shape index (κ2) is 12.7. The first-order valence-corrected chi connectivity index (χ1v) is 24.9. The van der Waals surface area contributed by atoms with Gasteiger partial charge in [-0.3, -0.25) is 0 Å². The molecule has 0 nitrogen and oxygen atoms in total. The Hall–Kier alpha value is 0.567. The van der Waals surface area contributed by atoms with Crippen molar-refractivity contribution in [2.24, 2.45) is 87.8 Å². The standard InChI is InChI=1S/C44H78SSi/c1-12-46(13-2,42-28(5)27(4)40-39(42)34-18-14-15-20-37(34)45-40)41-26(3)21-35-36(41)24-29-17-16-19-33(29)38(35)30-22-31(43(6,7)8)25-32(23-30)44(9,10)11/h26-42H,12-25H2,1-11H3. The number of hydrogen-bond donors (Lipinski definition) is 0. The molecule has 0 aromatic heterocycles. The lowest BCUT2D eigenvalue weighted by molar-refractivity contribution is -0.0360. The Kier molecular flexibility index (Phi) is 9.63. The highest BCUT2D eigenvalue weighted by Crippen LogP contribution is 2.73. The lowest BCUT2D eigenvalue weighted by Gasteiger charge is -2.55. The molecule has 16 unspecified atom stereocenters.